The van der Waals surface area contributed by atoms with Crippen molar-refractivity contribution < 1.29 is 14.6 Å². The molecule has 5 heteroatoms. The molecule has 1 aliphatic heterocycles. The third-order valence-electron chi connectivity index (χ3n) is 5.70. The lowest BCUT2D eigenvalue weighted by molar-refractivity contribution is -0.135. The Hall–Kier alpha value is -3.99. The lowest BCUT2D eigenvalue weighted by Crippen LogP contribution is -2.22. The Kier molecular flexibility index (Phi) is 3.53. The molecule has 30 heavy (non-hydrogen) atoms. The Morgan fingerprint density at radius 2 is 1.53 bits per heavy atom. The molecule has 0 saturated carbocycles. The summed E-state index contributed by atoms with van der Waals surface area (Å²) < 4.78 is 5.78. The summed E-state index contributed by atoms with van der Waals surface area (Å²) >= 11 is 0. The van der Waals surface area contributed by atoms with Crippen LogP contribution in [0.2, 0.25) is 0 Å². The summed E-state index contributed by atoms with van der Waals surface area (Å²) in [4.78, 5) is 22.4. The van der Waals surface area contributed by atoms with Crippen molar-refractivity contribution in [2.45, 2.75) is 12.3 Å². The predicted molar refractivity (Wildman–Crippen MR) is 115 cm³/mol. The molecule has 1 aliphatic rings. The summed E-state index contributed by atoms with van der Waals surface area (Å²) in [5, 5.41) is 11.8. The van der Waals surface area contributed by atoms with Crippen molar-refractivity contribution in [2.24, 2.45) is 0 Å². The number of ether oxygens (including phenoxy) is 1. The van der Waals surface area contributed by atoms with Gasteiger partial charge in [-0.05, 0) is 29.8 Å². The van der Waals surface area contributed by atoms with Crippen molar-refractivity contribution in [2.75, 3.05) is 0 Å². The van der Waals surface area contributed by atoms with Crippen LogP contribution in [0.5, 0.6) is 11.5 Å². The standard InChI is InChI=1S/C25H16N2O3/c28-15-7-5-6-14(12-15)18-13-21(29)30-25-17-9-2-1-8-16(17)23-24(22(18)25)27-20-11-4-3-10-19(20)26-23/h1-12,18,28H,13H2. The van der Waals surface area contributed by atoms with E-state index in [1.807, 2.05) is 54.6 Å². The molecule has 0 bridgehead atoms. The molecule has 2 heterocycles. The van der Waals surface area contributed by atoms with Crippen LogP contribution < -0.4 is 4.74 Å². The summed E-state index contributed by atoms with van der Waals surface area (Å²) in [7, 11) is 0. The van der Waals surface area contributed by atoms with Crippen LogP contribution in [-0.4, -0.2) is 21.0 Å². The number of aromatic hydroxyl groups is 1. The summed E-state index contributed by atoms with van der Waals surface area (Å²) in [6.45, 7) is 0. The number of rotatable bonds is 1. The lowest BCUT2D eigenvalue weighted by Gasteiger charge is -2.27. The molecule has 0 spiro atoms. The summed E-state index contributed by atoms with van der Waals surface area (Å²) in [6.07, 6.45) is 0.179. The Balaban J connectivity index is 1.80. The van der Waals surface area contributed by atoms with Gasteiger partial charge in [-0.1, -0.05) is 48.5 Å². The average molecular weight is 392 g/mol. The number of esters is 1. The first-order chi connectivity index (χ1) is 14.7. The maximum atomic E-state index is 12.6. The van der Waals surface area contributed by atoms with E-state index in [-0.39, 0.29) is 24.1 Å². The van der Waals surface area contributed by atoms with Gasteiger partial charge in [0.05, 0.1) is 28.5 Å². The van der Waals surface area contributed by atoms with Gasteiger partial charge in [0.15, 0.2) is 0 Å². The second kappa shape index (κ2) is 6.26. The van der Waals surface area contributed by atoms with Crippen LogP contribution in [-0.2, 0) is 4.79 Å². The van der Waals surface area contributed by atoms with Gasteiger partial charge in [-0.25, -0.2) is 9.97 Å². The fourth-order valence-electron chi connectivity index (χ4n) is 4.40. The highest BCUT2D eigenvalue weighted by Gasteiger charge is 2.33. The summed E-state index contributed by atoms with van der Waals surface area (Å²) in [5.74, 6) is 0.118. The van der Waals surface area contributed by atoms with Crippen molar-refractivity contribution in [1.29, 1.82) is 0 Å². The molecule has 0 saturated heterocycles. The Bertz CT molecular complexity index is 1490. The molecule has 0 fully saturated rings. The fraction of sp³-hybridized carbons (Fsp3) is 0.0800. The molecule has 1 N–H and O–H groups in total. The van der Waals surface area contributed by atoms with Crippen LogP contribution in [0.1, 0.15) is 23.5 Å². The van der Waals surface area contributed by atoms with Crippen molar-refractivity contribution in [3.05, 3.63) is 83.9 Å². The molecule has 144 valence electrons. The van der Waals surface area contributed by atoms with Gasteiger partial charge in [-0.3, -0.25) is 4.79 Å². The minimum atomic E-state index is -0.297. The highest BCUT2D eigenvalue weighted by molar-refractivity contribution is 6.12. The highest BCUT2D eigenvalue weighted by atomic mass is 16.5. The van der Waals surface area contributed by atoms with Gasteiger partial charge in [-0.2, -0.15) is 0 Å². The van der Waals surface area contributed by atoms with E-state index < -0.39 is 0 Å². The Labute approximate surface area is 171 Å². The van der Waals surface area contributed by atoms with Crippen molar-refractivity contribution in [1.82, 2.24) is 9.97 Å². The number of fused-ring (bicyclic) bond motifs is 7. The molecule has 1 unspecified atom stereocenters. The molecule has 5 aromatic rings. The minimum absolute atomic E-state index is 0.162. The molecular formula is C25H16N2O3. The number of phenolic OH excluding ortho intramolecular Hbond substituents is 1. The number of hydrogen-bond donors (Lipinski definition) is 1. The average Bonchev–Trinajstić information content (AvgIpc) is 2.77. The maximum absolute atomic E-state index is 12.6. The number of phenols is 1. The van der Waals surface area contributed by atoms with E-state index in [1.165, 1.54) is 0 Å². The number of carbonyl (C=O) groups excluding carboxylic acids is 1. The Morgan fingerprint density at radius 1 is 0.833 bits per heavy atom. The van der Waals surface area contributed by atoms with E-state index in [1.54, 1.807) is 18.2 Å². The third kappa shape index (κ3) is 2.45. The number of benzene rings is 4. The molecule has 1 aromatic heterocycles. The highest BCUT2D eigenvalue weighted by Crippen LogP contribution is 2.47. The topological polar surface area (TPSA) is 72.3 Å². The van der Waals surface area contributed by atoms with Crippen LogP contribution in [0.25, 0.3) is 32.8 Å². The van der Waals surface area contributed by atoms with E-state index in [0.717, 1.165) is 44.0 Å². The predicted octanol–water partition coefficient (Wildman–Crippen LogP) is 5.08. The number of aromatic nitrogens is 2. The molecule has 5 nitrogen and oxygen atoms in total. The smallest absolute Gasteiger partial charge is 0.312 e. The SMILES string of the molecule is O=C1CC(c2cccc(O)c2)c2c(c3ccccc3c3nc4ccccc4nc23)O1. The maximum Gasteiger partial charge on any atom is 0.312 e. The lowest BCUT2D eigenvalue weighted by atomic mass is 9.83. The normalized spacial score (nSPS) is 16.0. The second-order valence-electron chi connectivity index (χ2n) is 7.52. The van der Waals surface area contributed by atoms with Crippen LogP contribution in [0, 0.1) is 0 Å². The van der Waals surface area contributed by atoms with Gasteiger partial charge in [0, 0.05) is 22.3 Å². The van der Waals surface area contributed by atoms with Crippen LogP contribution >= 0.6 is 0 Å². The van der Waals surface area contributed by atoms with Gasteiger partial charge >= 0.3 is 5.97 Å². The number of para-hydroxylation sites is 2. The first kappa shape index (κ1) is 16.9. The van der Waals surface area contributed by atoms with Gasteiger partial charge in [0.2, 0.25) is 0 Å². The van der Waals surface area contributed by atoms with E-state index in [0.29, 0.717) is 5.75 Å². The number of nitrogens with zero attached hydrogens (tertiary/aromatic N) is 2. The van der Waals surface area contributed by atoms with E-state index in [2.05, 4.69) is 0 Å². The Morgan fingerprint density at radius 3 is 2.30 bits per heavy atom. The van der Waals surface area contributed by atoms with Crippen LogP contribution in [0.3, 0.4) is 0 Å². The monoisotopic (exact) mass is 392 g/mol. The zero-order chi connectivity index (χ0) is 20.2. The van der Waals surface area contributed by atoms with E-state index >= 15 is 0 Å². The largest absolute Gasteiger partial charge is 0.508 e. The van der Waals surface area contributed by atoms with Crippen LogP contribution in [0.4, 0.5) is 0 Å². The van der Waals surface area contributed by atoms with Crippen LogP contribution in [0.15, 0.2) is 72.8 Å². The molecular weight excluding hydrogens is 376 g/mol. The quantitative estimate of drug-likeness (QED) is 0.186. The van der Waals surface area contributed by atoms with Gasteiger partial charge in [-0.15, -0.1) is 0 Å². The second-order valence-corrected chi connectivity index (χ2v) is 7.52. The first-order valence-corrected chi connectivity index (χ1v) is 9.80. The number of hydrogen-bond acceptors (Lipinski definition) is 5. The van der Waals surface area contributed by atoms with Gasteiger partial charge in [0.1, 0.15) is 11.5 Å². The summed E-state index contributed by atoms with van der Waals surface area (Å²) in [6, 6.07) is 22.6. The molecule has 4 aromatic carbocycles. The van der Waals surface area contributed by atoms with Gasteiger partial charge < -0.3 is 9.84 Å². The van der Waals surface area contributed by atoms with Crippen molar-refractivity contribution >= 4 is 38.8 Å². The fourth-order valence-corrected chi connectivity index (χ4v) is 4.40. The van der Waals surface area contributed by atoms with Crippen molar-refractivity contribution in [3.63, 3.8) is 0 Å². The molecule has 0 amide bonds. The minimum Gasteiger partial charge on any atom is -0.508 e. The molecule has 1 atom stereocenters. The van der Waals surface area contributed by atoms with Gasteiger partial charge in [0.25, 0.3) is 0 Å². The zero-order valence-electron chi connectivity index (χ0n) is 15.9. The molecule has 6 rings (SSSR count). The summed E-state index contributed by atoms with van der Waals surface area (Å²) in [5.41, 5.74) is 4.80. The molecule has 0 aliphatic carbocycles. The zero-order valence-corrected chi connectivity index (χ0v) is 15.9. The third-order valence-corrected chi connectivity index (χ3v) is 5.70. The molecule has 0 radical (unpaired) electrons. The van der Waals surface area contributed by atoms with E-state index in [4.69, 9.17) is 14.7 Å². The first-order valence-electron chi connectivity index (χ1n) is 9.80. The van der Waals surface area contributed by atoms with E-state index in [9.17, 15) is 9.90 Å². The van der Waals surface area contributed by atoms with Crippen molar-refractivity contribution in [3.8, 4) is 11.5 Å². The number of carbonyl (C=O) groups is 1.